The van der Waals surface area contributed by atoms with E-state index < -0.39 is 0 Å². The molecule has 0 atom stereocenters. The summed E-state index contributed by atoms with van der Waals surface area (Å²) in [5.74, 6) is 0.125. The number of carbonyl (C=O) groups excluding carboxylic acids is 1. The number of hydrogen-bond acceptors (Lipinski definition) is 3. The number of aromatic nitrogens is 1. The Hall–Kier alpha value is -2.10. The summed E-state index contributed by atoms with van der Waals surface area (Å²) >= 11 is 0. The fourth-order valence-corrected chi connectivity index (χ4v) is 2.88. The first-order chi connectivity index (χ1) is 11.0. The first-order valence-corrected chi connectivity index (χ1v) is 8.32. The van der Waals surface area contributed by atoms with Crippen LogP contribution < -0.4 is 10.2 Å². The highest BCUT2D eigenvalue weighted by Gasteiger charge is 2.15. The van der Waals surface area contributed by atoms with E-state index in [9.17, 15) is 4.79 Å². The van der Waals surface area contributed by atoms with E-state index in [4.69, 9.17) is 4.98 Å². The monoisotopic (exact) mass is 313 g/mol. The maximum absolute atomic E-state index is 11.7. The number of hydrogen-bond donors (Lipinski definition) is 1. The van der Waals surface area contributed by atoms with Crippen molar-refractivity contribution in [2.75, 3.05) is 25.0 Å². The average Bonchev–Trinajstić information content (AvgIpc) is 2.53. The van der Waals surface area contributed by atoms with Crippen LogP contribution in [0.2, 0.25) is 0 Å². The van der Waals surface area contributed by atoms with Gasteiger partial charge < -0.3 is 10.2 Å². The molecule has 0 aliphatic carbocycles. The van der Waals surface area contributed by atoms with Gasteiger partial charge in [-0.2, -0.15) is 0 Å². The van der Waals surface area contributed by atoms with E-state index in [0.29, 0.717) is 6.54 Å². The van der Waals surface area contributed by atoms with E-state index in [2.05, 4.69) is 49.3 Å². The van der Waals surface area contributed by atoms with Gasteiger partial charge in [0, 0.05) is 37.1 Å². The molecule has 0 aliphatic heterocycles. The molecule has 2 rings (SSSR count). The smallest absolute Gasteiger partial charge is 0.222 e. The van der Waals surface area contributed by atoms with Crippen LogP contribution >= 0.6 is 0 Å². The van der Waals surface area contributed by atoms with E-state index >= 15 is 0 Å². The summed E-state index contributed by atoms with van der Waals surface area (Å²) in [6.45, 7) is 9.48. The second-order valence-electron chi connectivity index (χ2n) is 6.26. The third-order valence-corrected chi connectivity index (χ3v) is 4.18. The van der Waals surface area contributed by atoms with Gasteiger partial charge in [-0.3, -0.25) is 9.78 Å². The van der Waals surface area contributed by atoms with E-state index in [1.54, 1.807) is 0 Å². The van der Waals surface area contributed by atoms with Crippen LogP contribution in [-0.4, -0.2) is 31.0 Å². The standard InChI is InChI=1S/C19H27N3O/c1-6-15-14(4)21-17-10-8-7-9-16(17)18(15)22(5)12-11-20-19(23)13(2)3/h7-10,13H,6,11-12H2,1-5H3,(H,20,23). The molecule has 0 fully saturated rings. The first-order valence-electron chi connectivity index (χ1n) is 8.32. The maximum Gasteiger partial charge on any atom is 0.222 e. The van der Waals surface area contributed by atoms with Crippen LogP contribution in [0.25, 0.3) is 10.9 Å². The van der Waals surface area contributed by atoms with Crippen LogP contribution in [0.3, 0.4) is 0 Å². The quantitative estimate of drug-likeness (QED) is 0.890. The molecule has 4 heteroatoms. The van der Waals surface area contributed by atoms with Crippen LogP contribution in [0, 0.1) is 12.8 Å². The van der Waals surface area contributed by atoms with Gasteiger partial charge in [-0.1, -0.05) is 39.0 Å². The Morgan fingerprint density at radius 1 is 1.30 bits per heavy atom. The topological polar surface area (TPSA) is 45.2 Å². The second-order valence-corrected chi connectivity index (χ2v) is 6.26. The molecule has 1 heterocycles. The highest BCUT2D eigenvalue weighted by Crippen LogP contribution is 2.31. The molecule has 1 N–H and O–H groups in total. The Morgan fingerprint density at radius 3 is 2.65 bits per heavy atom. The third kappa shape index (κ3) is 3.81. The van der Waals surface area contributed by atoms with Gasteiger partial charge in [0.2, 0.25) is 5.91 Å². The van der Waals surface area contributed by atoms with E-state index in [-0.39, 0.29) is 11.8 Å². The van der Waals surface area contributed by atoms with Gasteiger partial charge in [-0.15, -0.1) is 0 Å². The Morgan fingerprint density at radius 2 is 2.00 bits per heavy atom. The van der Waals surface area contributed by atoms with Gasteiger partial charge in [0.25, 0.3) is 0 Å². The molecule has 23 heavy (non-hydrogen) atoms. The SMILES string of the molecule is CCc1c(C)nc2ccccc2c1N(C)CCNC(=O)C(C)C. The van der Waals surface area contributed by atoms with Crippen molar-refractivity contribution in [3.8, 4) is 0 Å². The number of likely N-dealkylation sites (N-methyl/N-ethyl adjacent to an activating group) is 1. The van der Waals surface area contributed by atoms with Crippen LogP contribution in [-0.2, 0) is 11.2 Å². The molecule has 0 aliphatic rings. The largest absolute Gasteiger partial charge is 0.372 e. The van der Waals surface area contributed by atoms with E-state index in [1.165, 1.54) is 16.6 Å². The first kappa shape index (κ1) is 17.3. The summed E-state index contributed by atoms with van der Waals surface area (Å²) in [5, 5.41) is 4.16. The normalized spacial score (nSPS) is 11.0. The van der Waals surface area contributed by atoms with Crippen LogP contribution in [0.1, 0.15) is 32.0 Å². The Bertz CT molecular complexity index is 694. The lowest BCUT2D eigenvalue weighted by Gasteiger charge is -2.25. The van der Waals surface area contributed by atoms with Crippen LogP contribution in [0.5, 0.6) is 0 Å². The van der Waals surface area contributed by atoms with Crippen molar-refractivity contribution in [2.24, 2.45) is 5.92 Å². The maximum atomic E-state index is 11.7. The van der Waals surface area contributed by atoms with Crippen LogP contribution in [0.4, 0.5) is 5.69 Å². The fraction of sp³-hybridized carbons (Fsp3) is 0.474. The molecule has 0 unspecified atom stereocenters. The predicted molar refractivity (Wildman–Crippen MR) is 97.0 cm³/mol. The predicted octanol–water partition coefficient (Wildman–Crippen LogP) is 3.31. The minimum atomic E-state index is 0.0236. The van der Waals surface area contributed by atoms with Gasteiger partial charge in [0.05, 0.1) is 11.2 Å². The number of carbonyl (C=O) groups is 1. The zero-order valence-electron chi connectivity index (χ0n) is 14.8. The lowest BCUT2D eigenvalue weighted by atomic mass is 10.0. The summed E-state index contributed by atoms with van der Waals surface area (Å²) in [5.41, 5.74) is 4.62. The van der Waals surface area contributed by atoms with Gasteiger partial charge in [-0.25, -0.2) is 0 Å². The summed E-state index contributed by atoms with van der Waals surface area (Å²) in [4.78, 5) is 18.7. The number of aryl methyl sites for hydroxylation is 1. The van der Waals surface area contributed by atoms with Crippen molar-refractivity contribution in [1.82, 2.24) is 10.3 Å². The van der Waals surface area contributed by atoms with Crippen molar-refractivity contribution in [3.63, 3.8) is 0 Å². The van der Waals surface area contributed by atoms with Gasteiger partial charge in [-0.05, 0) is 25.0 Å². The average molecular weight is 313 g/mol. The Kier molecular flexibility index (Phi) is 5.59. The molecule has 0 saturated carbocycles. The number of rotatable bonds is 6. The summed E-state index contributed by atoms with van der Waals surface area (Å²) in [7, 11) is 2.09. The van der Waals surface area contributed by atoms with Crippen molar-refractivity contribution in [1.29, 1.82) is 0 Å². The summed E-state index contributed by atoms with van der Waals surface area (Å²) in [6.07, 6.45) is 0.946. The van der Waals surface area contributed by atoms with Crippen molar-refractivity contribution >= 4 is 22.5 Å². The molecule has 0 saturated heterocycles. The van der Waals surface area contributed by atoms with E-state index in [0.717, 1.165) is 24.2 Å². The number of nitrogens with one attached hydrogen (secondary N) is 1. The van der Waals surface area contributed by atoms with Gasteiger partial charge in [0.1, 0.15) is 0 Å². The number of nitrogens with zero attached hydrogens (tertiary/aromatic N) is 2. The van der Waals surface area contributed by atoms with Gasteiger partial charge >= 0.3 is 0 Å². The van der Waals surface area contributed by atoms with Crippen molar-refractivity contribution in [2.45, 2.75) is 34.1 Å². The summed E-state index contributed by atoms with van der Waals surface area (Å²) < 4.78 is 0. The Balaban J connectivity index is 2.28. The molecular formula is C19H27N3O. The molecule has 1 aromatic heterocycles. The number of para-hydroxylation sites is 1. The number of anilines is 1. The number of amides is 1. The van der Waals surface area contributed by atoms with Gasteiger partial charge in [0.15, 0.2) is 0 Å². The number of fused-ring (bicyclic) bond motifs is 1. The van der Waals surface area contributed by atoms with Crippen molar-refractivity contribution < 1.29 is 4.79 Å². The van der Waals surface area contributed by atoms with E-state index in [1.807, 2.05) is 19.9 Å². The zero-order chi connectivity index (χ0) is 17.0. The van der Waals surface area contributed by atoms with Crippen LogP contribution in [0.15, 0.2) is 24.3 Å². The zero-order valence-corrected chi connectivity index (χ0v) is 14.8. The fourth-order valence-electron chi connectivity index (χ4n) is 2.88. The second kappa shape index (κ2) is 7.44. The molecule has 0 bridgehead atoms. The molecular weight excluding hydrogens is 286 g/mol. The van der Waals surface area contributed by atoms with Crippen molar-refractivity contribution in [3.05, 3.63) is 35.5 Å². The molecule has 0 radical (unpaired) electrons. The molecule has 0 spiro atoms. The molecule has 1 aromatic carbocycles. The molecule has 124 valence electrons. The Labute approximate surface area is 138 Å². The highest BCUT2D eigenvalue weighted by molar-refractivity contribution is 5.94. The lowest BCUT2D eigenvalue weighted by Crippen LogP contribution is -2.35. The highest BCUT2D eigenvalue weighted by atomic mass is 16.1. The lowest BCUT2D eigenvalue weighted by molar-refractivity contribution is -0.123. The minimum absolute atomic E-state index is 0.0236. The number of pyridine rings is 1. The molecule has 2 aromatic rings. The third-order valence-electron chi connectivity index (χ3n) is 4.18. The minimum Gasteiger partial charge on any atom is -0.372 e. The number of benzene rings is 1. The molecule has 4 nitrogen and oxygen atoms in total. The molecule has 1 amide bonds. The summed E-state index contributed by atoms with van der Waals surface area (Å²) in [6, 6.07) is 8.25.